The predicted octanol–water partition coefficient (Wildman–Crippen LogP) is 5.70. The van der Waals surface area contributed by atoms with Crippen LogP contribution in [-0.2, 0) is 17.9 Å². The first kappa shape index (κ1) is 21.8. The largest absolute Gasteiger partial charge is 0.348 e. The zero-order chi connectivity index (χ0) is 21.8. The van der Waals surface area contributed by atoms with Crippen LogP contribution in [0.3, 0.4) is 0 Å². The summed E-state index contributed by atoms with van der Waals surface area (Å²) in [4.78, 5) is 26.8. The minimum atomic E-state index is -0.167. The molecule has 0 bridgehead atoms. The van der Waals surface area contributed by atoms with E-state index in [2.05, 4.69) is 5.32 Å². The van der Waals surface area contributed by atoms with Crippen molar-refractivity contribution in [2.75, 3.05) is 5.75 Å². The van der Waals surface area contributed by atoms with E-state index < -0.39 is 0 Å². The molecule has 4 nitrogen and oxygen atoms in total. The van der Waals surface area contributed by atoms with Crippen LogP contribution in [0.4, 0.5) is 0 Å². The summed E-state index contributed by atoms with van der Waals surface area (Å²) in [5.41, 5.74) is 3.45. The van der Waals surface area contributed by atoms with Gasteiger partial charge in [-0.15, -0.1) is 11.8 Å². The number of hydrogen-bond acceptors (Lipinski definition) is 3. The number of rotatable bonds is 6. The Kier molecular flexibility index (Phi) is 6.86. The highest BCUT2D eigenvalue weighted by Crippen LogP contribution is 2.39. The van der Waals surface area contributed by atoms with Crippen molar-refractivity contribution in [1.29, 1.82) is 0 Å². The SMILES string of the molecule is O=C(NCc1ccccc1Cl)c1ccc([C@@H]2SCC(=O)N2Cc2ccc(Cl)cc2)cc1. The van der Waals surface area contributed by atoms with Crippen molar-refractivity contribution in [2.24, 2.45) is 0 Å². The number of hydrogen-bond donors (Lipinski definition) is 1. The summed E-state index contributed by atoms with van der Waals surface area (Å²) >= 11 is 13.7. The van der Waals surface area contributed by atoms with E-state index in [1.165, 1.54) is 0 Å². The number of amides is 2. The molecule has 1 saturated heterocycles. The number of carbonyl (C=O) groups excluding carboxylic acids is 2. The molecule has 0 saturated carbocycles. The van der Waals surface area contributed by atoms with Gasteiger partial charge in [-0.3, -0.25) is 9.59 Å². The molecule has 1 aliphatic rings. The number of halogens is 2. The fraction of sp³-hybridized carbons (Fsp3) is 0.167. The standard InChI is InChI=1S/C24H20Cl2N2O2S/c25-20-11-5-16(6-12-20)14-28-22(29)15-31-24(28)18-9-7-17(8-10-18)23(30)27-13-19-3-1-2-4-21(19)26/h1-12,24H,13-15H2,(H,27,30)/t24-/m0/s1. The topological polar surface area (TPSA) is 49.4 Å². The third-order valence-corrected chi connectivity index (χ3v) is 6.97. The van der Waals surface area contributed by atoms with Crippen molar-refractivity contribution in [1.82, 2.24) is 10.2 Å². The van der Waals surface area contributed by atoms with Crippen molar-refractivity contribution < 1.29 is 9.59 Å². The summed E-state index contributed by atoms with van der Waals surface area (Å²) in [6, 6.07) is 22.4. The molecule has 2 amide bonds. The highest BCUT2D eigenvalue weighted by atomic mass is 35.5. The monoisotopic (exact) mass is 470 g/mol. The molecule has 0 aromatic heterocycles. The van der Waals surface area contributed by atoms with Gasteiger partial charge in [0.1, 0.15) is 5.37 Å². The van der Waals surface area contributed by atoms with E-state index in [1.807, 2.05) is 59.5 Å². The first-order valence-corrected chi connectivity index (χ1v) is 11.6. The lowest BCUT2D eigenvalue weighted by Crippen LogP contribution is -2.27. The second kappa shape index (κ2) is 9.77. The van der Waals surface area contributed by atoms with Gasteiger partial charge in [0.25, 0.3) is 5.91 Å². The number of nitrogens with zero attached hydrogens (tertiary/aromatic N) is 1. The second-order valence-corrected chi connectivity index (χ2v) is 9.12. The van der Waals surface area contributed by atoms with Gasteiger partial charge in [0.05, 0.1) is 5.75 Å². The number of thioether (sulfide) groups is 1. The van der Waals surface area contributed by atoms with Crippen LogP contribution >= 0.6 is 35.0 Å². The average molecular weight is 471 g/mol. The molecule has 1 aliphatic heterocycles. The summed E-state index contributed by atoms with van der Waals surface area (Å²) in [5.74, 6) is 0.379. The van der Waals surface area contributed by atoms with Crippen LogP contribution in [0.25, 0.3) is 0 Å². The van der Waals surface area contributed by atoms with Crippen LogP contribution in [0.2, 0.25) is 10.0 Å². The maximum Gasteiger partial charge on any atom is 0.251 e. The lowest BCUT2D eigenvalue weighted by atomic mass is 10.1. The normalized spacial score (nSPS) is 15.9. The Morgan fingerprint density at radius 2 is 1.71 bits per heavy atom. The molecule has 3 aromatic rings. The molecular formula is C24H20Cl2N2O2S. The molecule has 1 atom stereocenters. The Morgan fingerprint density at radius 1 is 1.00 bits per heavy atom. The zero-order valence-corrected chi connectivity index (χ0v) is 18.9. The van der Waals surface area contributed by atoms with E-state index >= 15 is 0 Å². The molecule has 0 unspecified atom stereocenters. The lowest BCUT2D eigenvalue weighted by molar-refractivity contribution is -0.128. The lowest BCUT2D eigenvalue weighted by Gasteiger charge is -2.24. The zero-order valence-electron chi connectivity index (χ0n) is 16.6. The highest BCUT2D eigenvalue weighted by molar-refractivity contribution is 8.00. The van der Waals surface area contributed by atoms with Crippen LogP contribution in [0.1, 0.15) is 32.4 Å². The summed E-state index contributed by atoms with van der Waals surface area (Å²) in [6.45, 7) is 0.885. The average Bonchev–Trinajstić information content (AvgIpc) is 3.14. The number of carbonyl (C=O) groups is 2. The third-order valence-electron chi connectivity index (χ3n) is 5.09. The molecule has 1 fully saturated rings. The highest BCUT2D eigenvalue weighted by Gasteiger charge is 2.32. The quantitative estimate of drug-likeness (QED) is 0.502. The van der Waals surface area contributed by atoms with E-state index in [4.69, 9.17) is 23.2 Å². The van der Waals surface area contributed by atoms with Gasteiger partial charge in [0, 0.05) is 28.7 Å². The van der Waals surface area contributed by atoms with Crippen LogP contribution in [-0.4, -0.2) is 22.5 Å². The molecule has 0 radical (unpaired) electrons. The smallest absolute Gasteiger partial charge is 0.251 e. The molecule has 31 heavy (non-hydrogen) atoms. The molecule has 1 heterocycles. The third kappa shape index (κ3) is 5.24. The summed E-state index contributed by atoms with van der Waals surface area (Å²) < 4.78 is 0. The Balaban J connectivity index is 1.42. The Hall–Kier alpha value is -2.47. The van der Waals surface area contributed by atoms with Gasteiger partial charge in [-0.1, -0.05) is 65.7 Å². The van der Waals surface area contributed by atoms with Crippen molar-refractivity contribution in [3.05, 3.63) is 105 Å². The van der Waals surface area contributed by atoms with Gasteiger partial charge < -0.3 is 10.2 Å². The summed E-state index contributed by atoms with van der Waals surface area (Å²) in [5, 5.41) is 4.11. The summed E-state index contributed by atoms with van der Waals surface area (Å²) in [6.07, 6.45) is 0. The van der Waals surface area contributed by atoms with Gasteiger partial charge in [-0.25, -0.2) is 0 Å². The molecule has 1 N–H and O–H groups in total. The Labute approximate surface area is 195 Å². The molecule has 158 valence electrons. The predicted molar refractivity (Wildman–Crippen MR) is 126 cm³/mol. The van der Waals surface area contributed by atoms with Crippen molar-refractivity contribution >= 4 is 46.8 Å². The van der Waals surface area contributed by atoms with Gasteiger partial charge in [0.2, 0.25) is 5.91 Å². The number of nitrogens with one attached hydrogen (secondary N) is 1. The van der Waals surface area contributed by atoms with Crippen LogP contribution in [0, 0.1) is 0 Å². The molecular weight excluding hydrogens is 451 g/mol. The van der Waals surface area contributed by atoms with Gasteiger partial charge in [-0.2, -0.15) is 0 Å². The minimum Gasteiger partial charge on any atom is -0.348 e. The molecule has 4 rings (SSSR count). The molecule has 0 spiro atoms. The van der Waals surface area contributed by atoms with Gasteiger partial charge in [0.15, 0.2) is 0 Å². The Bertz CT molecular complexity index is 1090. The fourth-order valence-corrected chi connectivity index (χ4v) is 4.92. The molecule has 0 aliphatic carbocycles. The van der Waals surface area contributed by atoms with E-state index in [9.17, 15) is 9.59 Å². The van der Waals surface area contributed by atoms with Crippen LogP contribution in [0.5, 0.6) is 0 Å². The van der Waals surface area contributed by atoms with Gasteiger partial charge >= 0.3 is 0 Å². The maximum absolute atomic E-state index is 12.5. The van der Waals surface area contributed by atoms with Crippen LogP contribution in [0.15, 0.2) is 72.8 Å². The van der Waals surface area contributed by atoms with E-state index in [-0.39, 0.29) is 17.2 Å². The summed E-state index contributed by atoms with van der Waals surface area (Å²) in [7, 11) is 0. The van der Waals surface area contributed by atoms with Crippen molar-refractivity contribution in [3.8, 4) is 0 Å². The van der Waals surface area contributed by atoms with E-state index in [0.29, 0.717) is 34.5 Å². The van der Waals surface area contributed by atoms with E-state index in [1.54, 1.807) is 30.0 Å². The van der Waals surface area contributed by atoms with Crippen molar-refractivity contribution in [3.63, 3.8) is 0 Å². The molecule has 3 aromatic carbocycles. The number of benzene rings is 3. The second-order valence-electron chi connectivity index (χ2n) is 7.21. The van der Waals surface area contributed by atoms with Gasteiger partial charge in [-0.05, 0) is 47.0 Å². The fourth-order valence-electron chi connectivity index (χ4n) is 3.41. The minimum absolute atomic E-state index is 0.0802. The van der Waals surface area contributed by atoms with E-state index in [0.717, 1.165) is 16.7 Å². The molecule has 7 heteroatoms. The van der Waals surface area contributed by atoms with Crippen LogP contribution < -0.4 is 5.32 Å². The van der Waals surface area contributed by atoms with Crippen molar-refractivity contribution in [2.45, 2.75) is 18.5 Å². The first-order chi connectivity index (χ1) is 15.0. The maximum atomic E-state index is 12.5. The Morgan fingerprint density at radius 3 is 2.42 bits per heavy atom. The first-order valence-electron chi connectivity index (χ1n) is 9.78.